The first-order valence-corrected chi connectivity index (χ1v) is 44.3. The van der Waals surface area contributed by atoms with Gasteiger partial charge in [0.1, 0.15) is 0 Å². The van der Waals surface area contributed by atoms with Gasteiger partial charge in [-0.3, -0.25) is 0 Å². The molecule has 0 aliphatic carbocycles. The van der Waals surface area contributed by atoms with Crippen LogP contribution in [0.4, 0.5) is 0 Å². The Kier molecular flexibility index (Phi) is 16.7. The summed E-state index contributed by atoms with van der Waals surface area (Å²) in [5.41, 5.74) is 0. The summed E-state index contributed by atoms with van der Waals surface area (Å²) in [5.74, 6) is 0. The zero-order chi connectivity index (χ0) is 34.6. The van der Waals surface area contributed by atoms with E-state index in [4.69, 9.17) is 37.0 Å². The van der Waals surface area contributed by atoms with Crippen molar-refractivity contribution in [1.82, 2.24) is 0 Å². The quantitative estimate of drug-likeness (QED) is 0.106. The summed E-state index contributed by atoms with van der Waals surface area (Å²) in [5, 5.41) is 0. The Labute approximate surface area is 278 Å². The standard InChI is InChI=1S/C24H70O9Si10/c1-22-23-24-35(4,5)26-37(8,9)28-39(12,13)30-41(16,17)32-43(20,21)33-42(18,19)31-40(14,15)29-38(10,11)27-36(6,7)25-34(2)3/h34H,22-24H2,1-21H3. The highest BCUT2D eigenvalue weighted by atomic mass is 28.5. The molecule has 0 heterocycles. The predicted molar refractivity (Wildman–Crippen MR) is 206 cm³/mol. The largest absolute Gasteiger partial charge is 0.440 e. The normalized spacial score (nSPS) is 15.5. The maximum absolute atomic E-state index is 6.76. The van der Waals surface area contributed by atoms with Gasteiger partial charge in [-0.15, -0.1) is 0 Å². The third-order valence-corrected chi connectivity index (χ3v) is 43.0. The topological polar surface area (TPSA) is 83.1 Å². The Balaban J connectivity index is 5.42. The molecule has 9 nitrogen and oxygen atoms in total. The van der Waals surface area contributed by atoms with Crippen molar-refractivity contribution < 1.29 is 37.0 Å². The van der Waals surface area contributed by atoms with Crippen LogP contribution in [0.15, 0.2) is 0 Å². The molecule has 0 saturated heterocycles. The Morgan fingerprint density at radius 2 is 0.605 bits per heavy atom. The van der Waals surface area contributed by atoms with Gasteiger partial charge in [0.05, 0.1) is 0 Å². The molecule has 0 unspecified atom stereocenters. The average Bonchev–Trinajstić information content (AvgIpc) is 2.56. The molecule has 0 bridgehead atoms. The second kappa shape index (κ2) is 16.0. The van der Waals surface area contributed by atoms with Crippen LogP contribution >= 0.6 is 0 Å². The minimum atomic E-state index is -2.64. The lowest BCUT2D eigenvalue weighted by Crippen LogP contribution is -2.62. The monoisotopic (exact) mass is 782 g/mol. The molecular formula is C24H70O9Si10. The van der Waals surface area contributed by atoms with Crippen LogP contribution < -0.4 is 0 Å². The van der Waals surface area contributed by atoms with Gasteiger partial charge >= 0.3 is 68.5 Å². The molecule has 0 aromatic carbocycles. The molecule has 260 valence electrons. The van der Waals surface area contributed by atoms with Crippen LogP contribution in [-0.4, -0.2) is 85.8 Å². The van der Waals surface area contributed by atoms with Crippen molar-refractivity contribution in [3.05, 3.63) is 0 Å². The zero-order valence-corrected chi connectivity index (χ0v) is 42.0. The van der Waals surface area contributed by atoms with E-state index in [1.165, 1.54) is 12.8 Å². The summed E-state index contributed by atoms with van der Waals surface area (Å²) in [6, 6.07) is 1.15. The molecule has 19 heteroatoms. The number of unbranched alkanes of at least 4 members (excludes halogenated alkanes) is 1. The Hall–Kier alpha value is 1.81. The van der Waals surface area contributed by atoms with Crippen molar-refractivity contribution >= 4 is 85.8 Å². The maximum atomic E-state index is 6.76. The minimum Gasteiger partial charge on any atom is -0.440 e. The number of rotatable bonds is 21. The molecule has 0 saturated carbocycles. The van der Waals surface area contributed by atoms with Crippen LogP contribution in [0, 0.1) is 0 Å². The second-order valence-electron chi connectivity index (χ2n) is 16.0. The van der Waals surface area contributed by atoms with Crippen LogP contribution in [-0.2, 0) is 37.0 Å². The van der Waals surface area contributed by atoms with E-state index in [0.717, 1.165) is 6.04 Å². The average molecular weight is 784 g/mol. The fraction of sp³-hybridized carbons (Fsp3) is 1.00. The molecule has 0 aromatic rings. The molecule has 0 aliphatic rings. The van der Waals surface area contributed by atoms with E-state index in [9.17, 15) is 0 Å². The fourth-order valence-electron chi connectivity index (χ4n) is 6.20. The summed E-state index contributed by atoms with van der Waals surface area (Å²) in [6.45, 7) is 44.8. The third-order valence-electron chi connectivity index (χ3n) is 5.62. The Morgan fingerprint density at radius 3 is 0.837 bits per heavy atom. The van der Waals surface area contributed by atoms with E-state index >= 15 is 0 Å². The van der Waals surface area contributed by atoms with Crippen LogP contribution in [0.3, 0.4) is 0 Å². The lowest BCUT2D eigenvalue weighted by Gasteiger charge is -2.44. The maximum Gasteiger partial charge on any atom is 0.314 e. The molecule has 43 heavy (non-hydrogen) atoms. The highest BCUT2D eigenvalue weighted by Crippen LogP contribution is 2.30. The SMILES string of the molecule is CCCC[Si](C)(C)O[Si](C)(C)O[Si](C)(C)O[Si](C)(C)O[Si](C)(C)O[Si](C)(C)O[Si](C)(C)O[Si](C)(C)O[Si](C)(C)O[SiH](C)C. The van der Waals surface area contributed by atoms with E-state index in [-0.39, 0.29) is 0 Å². The summed E-state index contributed by atoms with van der Waals surface area (Å²) in [7, 11) is -23.1. The molecule has 0 radical (unpaired) electrons. The van der Waals surface area contributed by atoms with Crippen LogP contribution in [0.1, 0.15) is 19.8 Å². The van der Waals surface area contributed by atoms with Gasteiger partial charge in [-0.05, 0) is 137 Å². The summed E-state index contributed by atoms with van der Waals surface area (Å²) in [6.07, 6.45) is 2.39. The smallest absolute Gasteiger partial charge is 0.314 e. The van der Waals surface area contributed by atoms with E-state index in [1.54, 1.807) is 0 Å². The van der Waals surface area contributed by atoms with Gasteiger partial charge in [-0.2, -0.15) is 0 Å². The molecule has 0 atom stereocenters. The first-order chi connectivity index (χ1) is 18.6. The van der Waals surface area contributed by atoms with E-state index < -0.39 is 85.8 Å². The van der Waals surface area contributed by atoms with Crippen molar-refractivity contribution in [3.63, 3.8) is 0 Å². The van der Waals surface area contributed by atoms with Gasteiger partial charge in [0.15, 0.2) is 17.4 Å². The Morgan fingerprint density at radius 1 is 0.372 bits per heavy atom. The van der Waals surface area contributed by atoms with Gasteiger partial charge in [0.2, 0.25) is 0 Å². The molecule has 0 aliphatic heterocycles. The van der Waals surface area contributed by atoms with E-state index in [2.05, 4.69) is 138 Å². The molecular weight excluding hydrogens is 713 g/mol. The lowest BCUT2D eigenvalue weighted by atomic mass is 10.4. The highest BCUT2D eigenvalue weighted by Gasteiger charge is 2.50. The van der Waals surface area contributed by atoms with Crippen LogP contribution in [0.5, 0.6) is 0 Å². The number of hydrogen-bond acceptors (Lipinski definition) is 9. The van der Waals surface area contributed by atoms with Crippen molar-refractivity contribution in [2.24, 2.45) is 0 Å². The van der Waals surface area contributed by atoms with Crippen molar-refractivity contribution in [3.8, 4) is 0 Å². The van der Waals surface area contributed by atoms with Crippen molar-refractivity contribution in [2.45, 2.75) is 157 Å². The molecule has 0 rings (SSSR count). The highest BCUT2D eigenvalue weighted by molar-refractivity contribution is 6.92. The molecule has 0 aromatic heterocycles. The minimum absolute atomic E-state index is 1.15. The molecule has 0 fully saturated rings. The van der Waals surface area contributed by atoms with Crippen LogP contribution in [0.2, 0.25) is 137 Å². The summed E-state index contributed by atoms with van der Waals surface area (Å²) in [4.78, 5) is 0. The van der Waals surface area contributed by atoms with Gasteiger partial charge in [-0.1, -0.05) is 19.8 Å². The van der Waals surface area contributed by atoms with Gasteiger partial charge in [-0.25, -0.2) is 0 Å². The Bertz CT molecular complexity index is 867. The first kappa shape index (κ1) is 44.8. The number of hydrogen-bond donors (Lipinski definition) is 0. The molecule has 0 spiro atoms. The van der Waals surface area contributed by atoms with Gasteiger partial charge < -0.3 is 37.0 Å². The first-order valence-electron chi connectivity index (χ1n) is 15.9. The van der Waals surface area contributed by atoms with E-state index in [0.29, 0.717) is 0 Å². The zero-order valence-electron chi connectivity index (χ0n) is 31.9. The fourth-order valence-corrected chi connectivity index (χ4v) is 55.2. The van der Waals surface area contributed by atoms with Crippen molar-refractivity contribution in [2.75, 3.05) is 0 Å². The van der Waals surface area contributed by atoms with Gasteiger partial charge in [0.25, 0.3) is 0 Å². The lowest BCUT2D eigenvalue weighted by molar-refractivity contribution is 0.257. The van der Waals surface area contributed by atoms with Crippen molar-refractivity contribution in [1.29, 1.82) is 0 Å². The molecule has 0 N–H and O–H groups in total. The molecule has 0 amide bonds. The summed E-state index contributed by atoms with van der Waals surface area (Å²) < 4.78 is 59.9. The second-order valence-corrected chi connectivity index (χ2v) is 52.0. The van der Waals surface area contributed by atoms with Crippen LogP contribution in [0.25, 0.3) is 0 Å². The third kappa shape index (κ3) is 21.4. The van der Waals surface area contributed by atoms with Gasteiger partial charge in [0, 0.05) is 0 Å². The predicted octanol–water partition coefficient (Wildman–Crippen LogP) is 8.74. The summed E-state index contributed by atoms with van der Waals surface area (Å²) >= 11 is 0. The van der Waals surface area contributed by atoms with E-state index in [1.807, 2.05) is 0 Å².